The van der Waals surface area contributed by atoms with Gasteiger partial charge in [-0.3, -0.25) is 4.79 Å². The summed E-state index contributed by atoms with van der Waals surface area (Å²) in [6.07, 6.45) is 2.38. The van der Waals surface area contributed by atoms with Crippen LogP contribution in [0.5, 0.6) is 0 Å². The fourth-order valence-corrected chi connectivity index (χ4v) is 3.38. The van der Waals surface area contributed by atoms with E-state index in [4.69, 9.17) is 4.74 Å². The summed E-state index contributed by atoms with van der Waals surface area (Å²) in [6.45, 7) is 3.78. The van der Waals surface area contributed by atoms with Crippen LogP contribution in [0.4, 0.5) is 0 Å². The molecule has 0 saturated carbocycles. The summed E-state index contributed by atoms with van der Waals surface area (Å²) in [5, 5.41) is 1.27. The number of hydrogen-bond donors (Lipinski definition) is 1. The summed E-state index contributed by atoms with van der Waals surface area (Å²) in [7, 11) is 0. The molecule has 2 aromatic rings. The predicted octanol–water partition coefficient (Wildman–Crippen LogP) is 3.99. The van der Waals surface area contributed by atoms with E-state index in [-0.39, 0.29) is 12.1 Å². The number of carbonyl (C=O) groups excluding carboxylic acids is 1. The number of rotatable bonds is 3. The molecule has 4 heteroatoms. The monoisotopic (exact) mass is 335 g/mol. The Morgan fingerprint density at radius 2 is 2.25 bits per heavy atom. The standard InChI is InChI=1S/C16H18BrNO2/c1-9(2)20-16(19)7-10-5-12-13-8-11(17)3-4-14(13)18-15(12)6-10/h3-4,8-10,18H,5-7H2,1-2H3/t10-/m0/s1. The lowest BCUT2D eigenvalue weighted by Crippen LogP contribution is -2.16. The van der Waals surface area contributed by atoms with E-state index >= 15 is 0 Å². The molecule has 3 nitrogen and oxygen atoms in total. The van der Waals surface area contributed by atoms with Crippen LogP contribution in [-0.4, -0.2) is 17.1 Å². The molecule has 20 heavy (non-hydrogen) atoms. The average Bonchev–Trinajstić information content (AvgIpc) is 2.85. The van der Waals surface area contributed by atoms with Gasteiger partial charge < -0.3 is 9.72 Å². The number of esters is 1. The summed E-state index contributed by atoms with van der Waals surface area (Å²) < 4.78 is 6.33. The number of ether oxygens (including phenoxy) is 1. The van der Waals surface area contributed by atoms with E-state index in [0.717, 1.165) is 17.3 Å². The summed E-state index contributed by atoms with van der Waals surface area (Å²) in [4.78, 5) is 15.2. The highest BCUT2D eigenvalue weighted by Gasteiger charge is 2.27. The maximum atomic E-state index is 11.8. The number of aromatic amines is 1. The number of fused-ring (bicyclic) bond motifs is 3. The Bertz CT molecular complexity index is 660. The van der Waals surface area contributed by atoms with Gasteiger partial charge in [0.15, 0.2) is 0 Å². The first-order valence-corrected chi connectivity index (χ1v) is 7.80. The first-order chi connectivity index (χ1) is 9.52. The molecule has 1 aliphatic carbocycles. The number of nitrogens with one attached hydrogen (secondary N) is 1. The Hall–Kier alpha value is -1.29. The van der Waals surface area contributed by atoms with E-state index in [1.165, 1.54) is 22.2 Å². The number of carbonyl (C=O) groups is 1. The lowest BCUT2D eigenvalue weighted by Gasteiger charge is -2.11. The fourth-order valence-electron chi connectivity index (χ4n) is 3.02. The molecule has 0 bridgehead atoms. The molecule has 0 radical (unpaired) electrons. The third kappa shape index (κ3) is 2.62. The molecule has 1 aromatic carbocycles. The van der Waals surface area contributed by atoms with E-state index in [0.29, 0.717) is 12.3 Å². The van der Waals surface area contributed by atoms with Gasteiger partial charge in [-0.25, -0.2) is 0 Å². The predicted molar refractivity (Wildman–Crippen MR) is 82.7 cm³/mol. The minimum absolute atomic E-state index is 0.0292. The van der Waals surface area contributed by atoms with Crippen molar-refractivity contribution in [3.63, 3.8) is 0 Å². The molecule has 0 spiro atoms. The minimum Gasteiger partial charge on any atom is -0.463 e. The van der Waals surface area contributed by atoms with Gasteiger partial charge in [-0.15, -0.1) is 0 Å². The van der Waals surface area contributed by atoms with Crippen LogP contribution < -0.4 is 0 Å². The molecule has 1 aliphatic rings. The van der Waals surface area contributed by atoms with Crippen molar-refractivity contribution in [2.45, 2.75) is 39.2 Å². The van der Waals surface area contributed by atoms with Gasteiger partial charge in [0, 0.05) is 27.5 Å². The second kappa shape index (κ2) is 5.24. The van der Waals surface area contributed by atoms with Crippen molar-refractivity contribution in [2.24, 2.45) is 5.92 Å². The second-order valence-corrected chi connectivity index (χ2v) is 6.70. The Morgan fingerprint density at radius 3 is 3.00 bits per heavy atom. The Balaban J connectivity index is 1.76. The van der Waals surface area contributed by atoms with Crippen molar-refractivity contribution >= 4 is 32.8 Å². The van der Waals surface area contributed by atoms with Gasteiger partial charge in [0.1, 0.15) is 0 Å². The van der Waals surface area contributed by atoms with Crippen molar-refractivity contribution in [1.29, 1.82) is 0 Å². The van der Waals surface area contributed by atoms with Crippen LogP contribution in [0.15, 0.2) is 22.7 Å². The molecule has 0 amide bonds. The van der Waals surface area contributed by atoms with Crippen LogP contribution in [0.3, 0.4) is 0 Å². The van der Waals surface area contributed by atoms with E-state index in [1.54, 1.807) is 0 Å². The van der Waals surface area contributed by atoms with Gasteiger partial charge in [-0.1, -0.05) is 15.9 Å². The third-order valence-electron chi connectivity index (χ3n) is 3.76. The highest BCUT2D eigenvalue weighted by Crippen LogP contribution is 2.35. The lowest BCUT2D eigenvalue weighted by molar-refractivity contribution is -0.148. The molecular formula is C16H18BrNO2. The van der Waals surface area contributed by atoms with Crippen molar-refractivity contribution in [2.75, 3.05) is 0 Å². The summed E-state index contributed by atoms with van der Waals surface area (Å²) >= 11 is 3.52. The van der Waals surface area contributed by atoms with E-state index in [2.05, 4.69) is 33.0 Å². The lowest BCUT2D eigenvalue weighted by atomic mass is 10.0. The topological polar surface area (TPSA) is 42.1 Å². The van der Waals surface area contributed by atoms with Crippen LogP contribution >= 0.6 is 15.9 Å². The van der Waals surface area contributed by atoms with Crippen molar-refractivity contribution in [1.82, 2.24) is 4.98 Å². The maximum Gasteiger partial charge on any atom is 0.306 e. The molecule has 1 N–H and O–H groups in total. The first kappa shape index (κ1) is 13.7. The zero-order chi connectivity index (χ0) is 14.3. The summed E-state index contributed by atoms with van der Waals surface area (Å²) in [6, 6.07) is 6.30. The van der Waals surface area contributed by atoms with Gasteiger partial charge in [0.2, 0.25) is 0 Å². The van der Waals surface area contributed by atoms with Crippen LogP contribution in [0.2, 0.25) is 0 Å². The van der Waals surface area contributed by atoms with Gasteiger partial charge in [-0.2, -0.15) is 0 Å². The van der Waals surface area contributed by atoms with Crippen molar-refractivity contribution in [3.8, 4) is 0 Å². The number of benzene rings is 1. The minimum atomic E-state index is -0.0827. The number of aromatic nitrogens is 1. The Labute approximate surface area is 126 Å². The Morgan fingerprint density at radius 1 is 1.45 bits per heavy atom. The maximum absolute atomic E-state index is 11.8. The number of halogens is 1. The molecule has 0 saturated heterocycles. The van der Waals surface area contributed by atoms with E-state index in [9.17, 15) is 4.79 Å². The smallest absolute Gasteiger partial charge is 0.306 e. The SMILES string of the molecule is CC(C)OC(=O)C[C@@H]1Cc2[nH]c3ccc(Br)cc3c2C1. The van der Waals surface area contributed by atoms with Crippen LogP contribution in [0.25, 0.3) is 10.9 Å². The van der Waals surface area contributed by atoms with Gasteiger partial charge in [0.05, 0.1) is 6.10 Å². The van der Waals surface area contributed by atoms with Gasteiger partial charge >= 0.3 is 5.97 Å². The first-order valence-electron chi connectivity index (χ1n) is 7.01. The quantitative estimate of drug-likeness (QED) is 0.862. The Kier molecular flexibility index (Phi) is 3.59. The van der Waals surface area contributed by atoms with Crippen molar-refractivity contribution in [3.05, 3.63) is 33.9 Å². The molecular weight excluding hydrogens is 318 g/mol. The molecule has 106 valence electrons. The molecule has 1 heterocycles. The second-order valence-electron chi connectivity index (χ2n) is 5.79. The molecule has 3 rings (SSSR count). The van der Waals surface area contributed by atoms with Crippen LogP contribution in [-0.2, 0) is 22.4 Å². The number of H-pyrrole nitrogens is 1. The number of hydrogen-bond acceptors (Lipinski definition) is 2. The zero-order valence-electron chi connectivity index (χ0n) is 11.7. The zero-order valence-corrected chi connectivity index (χ0v) is 13.3. The van der Waals surface area contributed by atoms with Crippen LogP contribution in [0.1, 0.15) is 31.5 Å². The summed E-state index contributed by atoms with van der Waals surface area (Å²) in [5.74, 6) is 0.284. The molecule has 0 unspecified atom stereocenters. The third-order valence-corrected chi connectivity index (χ3v) is 4.26. The highest BCUT2D eigenvalue weighted by atomic mass is 79.9. The molecule has 1 aromatic heterocycles. The van der Waals surface area contributed by atoms with E-state index < -0.39 is 0 Å². The largest absolute Gasteiger partial charge is 0.463 e. The van der Waals surface area contributed by atoms with Gasteiger partial charge in [0.25, 0.3) is 0 Å². The molecule has 1 atom stereocenters. The van der Waals surface area contributed by atoms with Crippen molar-refractivity contribution < 1.29 is 9.53 Å². The highest BCUT2D eigenvalue weighted by molar-refractivity contribution is 9.10. The van der Waals surface area contributed by atoms with E-state index in [1.807, 2.05) is 19.9 Å². The summed E-state index contributed by atoms with van der Waals surface area (Å²) in [5.41, 5.74) is 3.82. The van der Waals surface area contributed by atoms with Crippen LogP contribution in [0, 0.1) is 5.92 Å². The normalized spacial score (nSPS) is 17.7. The average molecular weight is 336 g/mol. The fraction of sp³-hybridized carbons (Fsp3) is 0.438. The van der Waals surface area contributed by atoms with Gasteiger partial charge in [-0.05, 0) is 56.4 Å². The molecule has 0 fully saturated rings. The molecule has 0 aliphatic heterocycles.